The Bertz CT molecular complexity index is 790. The van der Waals surface area contributed by atoms with E-state index in [4.69, 9.17) is 5.73 Å². The summed E-state index contributed by atoms with van der Waals surface area (Å²) in [6.07, 6.45) is 3.91. The number of amides is 1. The second-order valence-electron chi connectivity index (χ2n) is 5.03. The fourth-order valence-electron chi connectivity index (χ4n) is 1.91. The van der Waals surface area contributed by atoms with Gasteiger partial charge in [-0.1, -0.05) is 0 Å². The topological polar surface area (TPSA) is 143 Å². The van der Waals surface area contributed by atoms with Crippen LogP contribution in [0.15, 0.2) is 42.6 Å². The molecule has 1 heterocycles. The Morgan fingerprint density at radius 1 is 1.32 bits per heavy atom. The number of benzene rings is 1. The molecule has 25 heavy (non-hydrogen) atoms. The van der Waals surface area contributed by atoms with Crippen molar-refractivity contribution in [1.29, 1.82) is 0 Å². The first-order chi connectivity index (χ1) is 12.0. The Kier molecular flexibility index (Phi) is 5.88. The highest BCUT2D eigenvalue weighted by Gasteiger charge is 2.04. The molecule has 1 amide bonds. The maximum Gasteiger partial charge on any atom is 0.287 e. The number of aromatic nitrogens is 1. The van der Waals surface area contributed by atoms with Crippen molar-refractivity contribution in [2.24, 2.45) is 0 Å². The molecule has 2 aromatic rings. The summed E-state index contributed by atoms with van der Waals surface area (Å²) in [6, 6.07) is 7.40. The maximum absolute atomic E-state index is 11.7. The molecule has 0 unspecified atom stereocenters. The molecule has 0 aliphatic rings. The van der Waals surface area contributed by atoms with Crippen LogP contribution in [0.2, 0.25) is 0 Å². The van der Waals surface area contributed by atoms with E-state index in [1.807, 2.05) is 0 Å². The van der Waals surface area contributed by atoms with Gasteiger partial charge >= 0.3 is 0 Å². The van der Waals surface area contributed by atoms with Gasteiger partial charge in [0.2, 0.25) is 5.91 Å². The third kappa shape index (κ3) is 5.50. The van der Waals surface area contributed by atoms with Gasteiger partial charge in [-0.2, -0.15) is 0 Å². The number of hydrogen-bond donors (Lipinski definition) is 4. The lowest BCUT2D eigenvalue weighted by atomic mass is 10.1. The van der Waals surface area contributed by atoms with E-state index in [9.17, 15) is 20.0 Å². The lowest BCUT2D eigenvalue weighted by Gasteiger charge is -2.05. The Labute approximate surface area is 143 Å². The number of nitrogen functional groups attached to an aromatic ring is 1. The van der Waals surface area contributed by atoms with Crippen LogP contribution in [-0.2, 0) is 4.79 Å². The zero-order valence-electron chi connectivity index (χ0n) is 13.2. The lowest BCUT2D eigenvalue weighted by molar-refractivity contribution is -0.385. The summed E-state index contributed by atoms with van der Waals surface area (Å²) >= 11 is 0. The predicted molar refractivity (Wildman–Crippen MR) is 93.9 cm³/mol. The van der Waals surface area contributed by atoms with Gasteiger partial charge in [0.15, 0.2) is 0 Å². The van der Waals surface area contributed by atoms with Crippen LogP contribution in [0.25, 0.3) is 6.08 Å². The summed E-state index contributed by atoms with van der Waals surface area (Å²) in [5.74, 6) is 0.171. The standard InChI is InChI=1S/C16H17N5O4/c17-12-2-4-14(22)11(9-12)1-6-16(23)19-8-7-18-15-5-3-13(10-20-15)21(24)25/h1-6,9-10,22H,7-8,17H2,(H,18,20)(H,19,23)/b6-1+. The minimum Gasteiger partial charge on any atom is -0.507 e. The van der Waals surface area contributed by atoms with E-state index in [1.165, 1.54) is 30.4 Å². The minimum atomic E-state index is -0.526. The zero-order valence-corrected chi connectivity index (χ0v) is 13.2. The summed E-state index contributed by atoms with van der Waals surface area (Å²) in [6.45, 7) is 0.721. The molecule has 9 heteroatoms. The van der Waals surface area contributed by atoms with Gasteiger partial charge in [0.1, 0.15) is 17.8 Å². The van der Waals surface area contributed by atoms with Crippen molar-refractivity contribution in [2.45, 2.75) is 0 Å². The van der Waals surface area contributed by atoms with Gasteiger partial charge in [0, 0.05) is 36.5 Å². The fraction of sp³-hybridized carbons (Fsp3) is 0.125. The average Bonchev–Trinajstić information content (AvgIpc) is 2.60. The number of aromatic hydroxyl groups is 1. The molecule has 0 atom stereocenters. The van der Waals surface area contributed by atoms with Crippen molar-refractivity contribution in [3.05, 3.63) is 58.3 Å². The highest BCUT2D eigenvalue weighted by atomic mass is 16.6. The highest BCUT2D eigenvalue weighted by molar-refractivity contribution is 5.92. The van der Waals surface area contributed by atoms with Gasteiger partial charge < -0.3 is 21.5 Å². The number of nitro groups is 1. The third-order valence-electron chi connectivity index (χ3n) is 3.15. The Hall–Kier alpha value is -3.62. The van der Waals surface area contributed by atoms with E-state index < -0.39 is 4.92 Å². The van der Waals surface area contributed by atoms with E-state index >= 15 is 0 Å². The molecule has 0 radical (unpaired) electrons. The molecule has 0 fully saturated rings. The van der Waals surface area contributed by atoms with Gasteiger partial charge in [-0.3, -0.25) is 14.9 Å². The van der Waals surface area contributed by atoms with Crippen LogP contribution in [-0.4, -0.2) is 34.0 Å². The van der Waals surface area contributed by atoms with Crippen molar-refractivity contribution in [3.63, 3.8) is 0 Å². The first-order valence-electron chi connectivity index (χ1n) is 7.34. The Morgan fingerprint density at radius 2 is 2.12 bits per heavy atom. The molecule has 1 aromatic carbocycles. The summed E-state index contributed by atoms with van der Waals surface area (Å²) in [4.78, 5) is 25.6. The van der Waals surface area contributed by atoms with Crippen LogP contribution in [0.1, 0.15) is 5.56 Å². The van der Waals surface area contributed by atoms with Gasteiger partial charge in [-0.15, -0.1) is 0 Å². The average molecular weight is 343 g/mol. The van der Waals surface area contributed by atoms with Crippen LogP contribution in [0.3, 0.4) is 0 Å². The SMILES string of the molecule is Nc1ccc(O)c(/C=C/C(=O)NCCNc2ccc([N+](=O)[O-])cn2)c1. The number of rotatable bonds is 7. The van der Waals surface area contributed by atoms with Crippen molar-refractivity contribution in [2.75, 3.05) is 24.1 Å². The fourth-order valence-corrected chi connectivity index (χ4v) is 1.91. The molecule has 1 aromatic heterocycles. The molecule has 0 saturated carbocycles. The monoisotopic (exact) mass is 343 g/mol. The number of carbonyl (C=O) groups excluding carboxylic acids is 1. The number of hydrogen-bond acceptors (Lipinski definition) is 7. The zero-order chi connectivity index (χ0) is 18.2. The maximum atomic E-state index is 11.7. The second kappa shape index (κ2) is 8.29. The first kappa shape index (κ1) is 17.7. The predicted octanol–water partition coefficient (Wildman–Crippen LogP) is 1.52. The van der Waals surface area contributed by atoms with Crippen LogP contribution in [0.4, 0.5) is 17.2 Å². The van der Waals surface area contributed by atoms with Crippen LogP contribution >= 0.6 is 0 Å². The van der Waals surface area contributed by atoms with Crippen LogP contribution < -0.4 is 16.4 Å². The second-order valence-corrected chi connectivity index (χ2v) is 5.03. The van der Waals surface area contributed by atoms with Crippen LogP contribution in [0.5, 0.6) is 5.75 Å². The largest absolute Gasteiger partial charge is 0.507 e. The number of anilines is 2. The molecule has 0 aliphatic heterocycles. The number of nitrogens with two attached hydrogens (primary N) is 1. The summed E-state index contributed by atoms with van der Waals surface area (Å²) in [5, 5.41) is 25.7. The molecule has 0 bridgehead atoms. The number of nitrogens with zero attached hydrogens (tertiary/aromatic N) is 2. The quantitative estimate of drug-likeness (QED) is 0.149. The Morgan fingerprint density at radius 3 is 2.80 bits per heavy atom. The van der Waals surface area contributed by atoms with Crippen molar-refractivity contribution in [1.82, 2.24) is 10.3 Å². The molecule has 0 spiro atoms. The highest BCUT2D eigenvalue weighted by Crippen LogP contribution is 2.20. The number of carbonyl (C=O) groups is 1. The van der Waals surface area contributed by atoms with Crippen molar-refractivity contribution in [3.8, 4) is 5.75 Å². The summed E-state index contributed by atoms with van der Waals surface area (Å²) < 4.78 is 0. The summed E-state index contributed by atoms with van der Waals surface area (Å²) in [5.41, 5.74) is 6.46. The first-order valence-corrected chi connectivity index (χ1v) is 7.34. The van der Waals surface area contributed by atoms with E-state index in [0.29, 0.717) is 30.2 Å². The molecule has 130 valence electrons. The summed E-state index contributed by atoms with van der Waals surface area (Å²) in [7, 11) is 0. The number of pyridine rings is 1. The normalized spacial score (nSPS) is 10.6. The molecular weight excluding hydrogens is 326 g/mol. The number of phenolic OH excluding ortho intramolecular Hbond substituents is 1. The Balaban J connectivity index is 1.76. The molecule has 0 saturated heterocycles. The lowest BCUT2D eigenvalue weighted by Crippen LogP contribution is -2.27. The molecule has 0 aliphatic carbocycles. The van der Waals surface area contributed by atoms with Crippen LogP contribution in [0, 0.1) is 10.1 Å². The van der Waals surface area contributed by atoms with Gasteiger partial charge in [-0.25, -0.2) is 4.98 Å². The van der Waals surface area contributed by atoms with E-state index in [2.05, 4.69) is 15.6 Å². The van der Waals surface area contributed by atoms with Crippen molar-refractivity contribution >= 4 is 29.2 Å². The van der Waals surface area contributed by atoms with Crippen molar-refractivity contribution < 1.29 is 14.8 Å². The minimum absolute atomic E-state index is 0.0316. The molecular formula is C16H17N5O4. The smallest absolute Gasteiger partial charge is 0.287 e. The van der Waals surface area contributed by atoms with Gasteiger partial charge in [-0.05, 0) is 30.3 Å². The van der Waals surface area contributed by atoms with E-state index in [1.54, 1.807) is 12.1 Å². The van der Waals surface area contributed by atoms with E-state index in [0.717, 1.165) is 6.20 Å². The molecule has 5 N–H and O–H groups in total. The number of nitrogens with one attached hydrogen (secondary N) is 2. The molecule has 9 nitrogen and oxygen atoms in total. The molecule has 2 rings (SSSR count). The third-order valence-corrected chi connectivity index (χ3v) is 3.15. The van der Waals surface area contributed by atoms with E-state index in [-0.39, 0.29) is 17.3 Å². The number of phenols is 1. The van der Waals surface area contributed by atoms with Gasteiger partial charge in [0.25, 0.3) is 5.69 Å². The van der Waals surface area contributed by atoms with Gasteiger partial charge in [0.05, 0.1) is 4.92 Å².